The number of hydrogen-bond donors (Lipinski definition) is 0. The van der Waals surface area contributed by atoms with Gasteiger partial charge in [-0.15, -0.1) is 0 Å². The number of para-hydroxylation sites is 1. The van der Waals surface area contributed by atoms with Gasteiger partial charge in [0.15, 0.2) is 23.0 Å². The van der Waals surface area contributed by atoms with Crippen LogP contribution in [0.3, 0.4) is 0 Å². The van der Waals surface area contributed by atoms with E-state index in [4.69, 9.17) is 23.7 Å². The second-order valence-electron chi connectivity index (χ2n) is 8.40. The van der Waals surface area contributed by atoms with Crippen molar-refractivity contribution in [2.45, 2.75) is 53.2 Å². The lowest BCUT2D eigenvalue weighted by Crippen LogP contribution is -2.38. The van der Waals surface area contributed by atoms with Crippen molar-refractivity contribution in [2.75, 3.05) is 13.9 Å². The number of esters is 2. The number of methoxy groups -OCH3 is 1. The summed E-state index contributed by atoms with van der Waals surface area (Å²) < 4.78 is 27.2. The molecule has 0 spiro atoms. The van der Waals surface area contributed by atoms with Crippen LogP contribution < -0.4 is 14.2 Å². The van der Waals surface area contributed by atoms with Crippen LogP contribution in [0.15, 0.2) is 42.6 Å². The van der Waals surface area contributed by atoms with E-state index in [0.717, 1.165) is 0 Å². The molecule has 1 aromatic carbocycles. The molecule has 2 aromatic rings. The topological polar surface area (TPSA) is 110 Å². The van der Waals surface area contributed by atoms with E-state index in [1.807, 2.05) is 44.2 Å². The first-order chi connectivity index (χ1) is 16.6. The standard InChI is InChI=1S/C26H33NO8/c1-16(2)24(35-20-10-8-7-9-11-20)18(4)34-26(30)17(3)14-21(29)23-25(33-15-32-19(5)28)22(31-6)12-13-27-23/h7-13,16-18,24H,14-15H2,1-6H3/t17-,18-,24+/m1/s1. The number of rotatable bonds is 13. The van der Waals surface area contributed by atoms with E-state index in [2.05, 4.69) is 4.98 Å². The molecule has 0 aliphatic rings. The third-order valence-corrected chi connectivity index (χ3v) is 5.15. The maximum Gasteiger partial charge on any atom is 0.309 e. The Kier molecular flexibility index (Phi) is 10.5. The zero-order valence-corrected chi connectivity index (χ0v) is 21.0. The van der Waals surface area contributed by atoms with Gasteiger partial charge in [0.2, 0.25) is 6.79 Å². The summed E-state index contributed by atoms with van der Waals surface area (Å²) in [6.07, 6.45) is 0.314. The number of aromatic nitrogens is 1. The van der Waals surface area contributed by atoms with E-state index in [1.54, 1.807) is 13.8 Å². The molecule has 1 heterocycles. The van der Waals surface area contributed by atoms with Gasteiger partial charge >= 0.3 is 11.9 Å². The molecule has 1 aromatic heterocycles. The van der Waals surface area contributed by atoms with Gasteiger partial charge in [0.1, 0.15) is 18.0 Å². The van der Waals surface area contributed by atoms with E-state index in [-0.39, 0.29) is 35.6 Å². The maximum absolute atomic E-state index is 13.0. The molecule has 0 aliphatic heterocycles. The number of ketones is 1. The Bertz CT molecular complexity index is 992. The van der Waals surface area contributed by atoms with Crippen LogP contribution in [-0.4, -0.2) is 48.8 Å². The van der Waals surface area contributed by atoms with Crippen molar-refractivity contribution in [3.05, 3.63) is 48.3 Å². The molecule has 0 amide bonds. The Hall–Kier alpha value is -3.62. The average Bonchev–Trinajstić information content (AvgIpc) is 2.82. The summed E-state index contributed by atoms with van der Waals surface area (Å²) >= 11 is 0. The van der Waals surface area contributed by atoms with Crippen LogP contribution >= 0.6 is 0 Å². The van der Waals surface area contributed by atoms with Crippen LogP contribution in [-0.2, 0) is 19.1 Å². The first-order valence-electron chi connectivity index (χ1n) is 11.4. The Balaban J connectivity index is 2.06. The fourth-order valence-corrected chi connectivity index (χ4v) is 3.36. The molecule has 0 unspecified atom stereocenters. The second kappa shape index (κ2) is 13.3. The summed E-state index contributed by atoms with van der Waals surface area (Å²) in [4.78, 5) is 40.9. The summed E-state index contributed by atoms with van der Waals surface area (Å²) in [5, 5.41) is 0. The third kappa shape index (κ3) is 8.27. The van der Waals surface area contributed by atoms with Crippen LogP contribution in [0.25, 0.3) is 0 Å². The number of carbonyl (C=O) groups excluding carboxylic acids is 3. The number of Topliss-reactive ketones (excluding diaryl/α,β-unsaturated/α-hetero) is 1. The predicted octanol–water partition coefficient (Wildman–Crippen LogP) is 4.23. The molecule has 2 rings (SSSR count). The first kappa shape index (κ1) is 27.6. The highest BCUT2D eigenvalue weighted by atomic mass is 16.7. The lowest BCUT2D eigenvalue weighted by atomic mass is 10.0. The van der Waals surface area contributed by atoms with Crippen molar-refractivity contribution in [3.63, 3.8) is 0 Å². The first-order valence-corrected chi connectivity index (χ1v) is 11.4. The highest BCUT2D eigenvalue weighted by Gasteiger charge is 2.30. The Morgan fingerprint density at radius 1 is 1.00 bits per heavy atom. The Labute approximate surface area is 205 Å². The molecule has 0 N–H and O–H groups in total. The fraction of sp³-hybridized carbons (Fsp3) is 0.462. The Morgan fingerprint density at radius 3 is 2.29 bits per heavy atom. The second-order valence-corrected chi connectivity index (χ2v) is 8.40. The summed E-state index contributed by atoms with van der Waals surface area (Å²) in [7, 11) is 1.41. The summed E-state index contributed by atoms with van der Waals surface area (Å²) in [5.74, 6) is -1.22. The summed E-state index contributed by atoms with van der Waals surface area (Å²) in [6, 6.07) is 10.8. The highest BCUT2D eigenvalue weighted by Crippen LogP contribution is 2.31. The quantitative estimate of drug-likeness (QED) is 0.233. The highest BCUT2D eigenvalue weighted by molar-refractivity contribution is 5.99. The molecule has 190 valence electrons. The van der Waals surface area contributed by atoms with Crippen LogP contribution in [0, 0.1) is 11.8 Å². The van der Waals surface area contributed by atoms with Crippen LogP contribution in [0.2, 0.25) is 0 Å². The molecular formula is C26H33NO8. The molecule has 0 radical (unpaired) electrons. The number of nitrogens with zero attached hydrogens (tertiary/aromatic N) is 1. The average molecular weight is 488 g/mol. The molecule has 0 saturated carbocycles. The molecule has 3 atom stereocenters. The SMILES string of the molecule is COc1ccnc(C(=O)C[C@@H](C)C(=O)O[C@H](C)[C@@H](Oc2ccccc2)C(C)C)c1OCOC(C)=O. The molecule has 9 heteroatoms. The molecule has 0 fully saturated rings. The molecule has 35 heavy (non-hydrogen) atoms. The zero-order valence-electron chi connectivity index (χ0n) is 21.0. The minimum absolute atomic E-state index is 0.0309. The van der Waals surface area contributed by atoms with E-state index < -0.39 is 36.5 Å². The van der Waals surface area contributed by atoms with Gasteiger partial charge in [0, 0.05) is 25.6 Å². The van der Waals surface area contributed by atoms with Gasteiger partial charge in [0.05, 0.1) is 13.0 Å². The van der Waals surface area contributed by atoms with Crippen LogP contribution in [0.4, 0.5) is 0 Å². The maximum atomic E-state index is 13.0. The minimum Gasteiger partial charge on any atom is -0.493 e. The smallest absolute Gasteiger partial charge is 0.309 e. The predicted molar refractivity (Wildman–Crippen MR) is 127 cm³/mol. The molecule has 0 saturated heterocycles. The van der Waals surface area contributed by atoms with Crippen molar-refractivity contribution < 1.29 is 38.1 Å². The number of benzene rings is 1. The molecular weight excluding hydrogens is 454 g/mol. The van der Waals surface area contributed by atoms with Gasteiger partial charge in [-0.25, -0.2) is 4.98 Å². The largest absolute Gasteiger partial charge is 0.493 e. The summed E-state index contributed by atoms with van der Waals surface area (Å²) in [6.45, 7) is 8.16. The van der Waals surface area contributed by atoms with Crippen LogP contribution in [0.1, 0.15) is 51.5 Å². The van der Waals surface area contributed by atoms with Gasteiger partial charge in [-0.1, -0.05) is 39.0 Å². The van der Waals surface area contributed by atoms with Crippen molar-refractivity contribution >= 4 is 17.7 Å². The third-order valence-electron chi connectivity index (χ3n) is 5.15. The number of pyridine rings is 1. The van der Waals surface area contributed by atoms with E-state index in [9.17, 15) is 14.4 Å². The lowest BCUT2D eigenvalue weighted by molar-refractivity contribution is -0.158. The minimum atomic E-state index is -0.746. The number of hydrogen-bond acceptors (Lipinski definition) is 9. The van der Waals surface area contributed by atoms with Gasteiger partial charge in [-0.2, -0.15) is 0 Å². The van der Waals surface area contributed by atoms with Crippen molar-refractivity contribution in [1.82, 2.24) is 4.98 Å². The van der Waals surface area contributed by atoms with Gasteiger partial charge < -0.3 is 23.7 Å². The molecule has 0 aliphatic carbocycles. The summed E-state index contributed by atoms with van der Waals surface area (Å²) in [5.41, 5.74) is -0.0309. The number of carbonyl (C=O) groups is 3. The van der Waals surface area contributed by atoms with E-state index >= 15 is 0 Å². The zero-order chi connectivity index (χ0) is 26.0. The normalized spacial score (nSPS) is 13.3. The van der Waals surface area contributed by atoms with Crippen molar-refractivity contribution in [3.8, 4) is 17.2 Å². The van der Waals surface area contributed by atoms with Crippen LogP contribution in [0.5, 0.6) is 17.2 Å². The molecule has 0 bridgehead atoms. The lowest BCUT2D eigenvalue weighted by Gasteiger charge is -2.29. The van der Waals surface area contributed by atoms with Gasteiger partial charge in [-0.3, -0.25) is 14.4 Å². The monoisotopic (exact) mass is 487 g/mol. The van der Waals surface area contributed by atoms with Gasteiger partial charge in [-0.05, 0) is 25.0 Å². The fourth-order valence-electron chi connectivity index (χ4n) is 3.36. The number of ether oxygens (including phenoxy) is 5. The Morgan fingerprint density at radius 2 is 1.69 bits per heavy atom. The van der Waals surface area contributed by atoms with E-state index in [1.165, 1.54) is 26.3 Å². The van der Waals surface area contributed by atoms with Gasteiger partial charge in [0.25, 0.3) is 0 Å². The van der Waals surface area contributed by atoms with Crippen molar-refractivity contribution in [1.29, 1.82) is 0 Å². The van der Waals surface area contributed by atoms with Crippen molar-refractivity contribution in [2.24, 2.45) is 11.8 Å². The molecule has 9 nitrogen and oxygen atoms in total. The van der Waals surface area contributed by atoms with E-state index in [0.29, 0.717) is 5.75 Å².